The van der Waals surface area contributed by atoms with Gasteiger partial charge in [-0.25, -0.2) is 0 Å². The third-order valence-electron chi connectivity index (χ3n) is 5.83. The average molecular weight is 395 g/mol. The second-order valence-electron chi connectivity index (χ2n) is 8.08. The van der Waals surface area contributed by atoms with Crippen LogP contribution < -0.4 is 10.1 Å². The van der Waals surface area contributed by atoms with Crippen LogP contribution in [0.1, 0.15) is 54.9 Å². The van der Waals surface area contributed by atoms with Crippen LogP contribution in [0.25, 0.3) is 0 Å². The summed E-state index contributed by atoms with van der Waals surface area (Å²) in [6.07, 6.45) is 4.14. The molecule has 1 N–H and O–H groups in total. The van der Waals surface area contributed by atoms with Crippen LogP contribution in [-0.2, 0) is 17.9 Å². The molecule has 0 unspecified atom stereocenters. The Hall–Kier alpha value is -2.33. The quantitative estimate of drug-likeness (QED) is 0.702. The number of ether oxygens (including phenoxy) is 1. The van der Waals surface area contributed by atoms with Crippen molar-refractivity contribution in [2.24, 2.45) is 0 Å². The van der Waals surface area contributed by atoms with Crippen LogP contribution in [0.2, 0.25) is 0 Å². The lowest BCUT2D eigenvalue weighted by molar-refractivity contribution is -0.128. The van der Waals surface area contributed by atoms with Crippen molar-refractivity contribution in [3.05, 3.63) is 64.7 Å². The molecule has 1 heterocycles. The second-order valence-corrected chi connectivity index (χ2v) is 8.08. The molecule has 1 atom stereocenters. The highest BCUT2D eigenvalue weighted by Gasteiger charge is 2.19. The molecule has 0 aromatic heterocycles. The highest BCUT2D eigenvalue weighted by Crippen LogP contribution is 2.22. The number of aryl methyl sites for hydroxylation is 1. The van der Waals surface area contributed by atoms with Crippen molar-refractivity contribution in [2.45, 2.75) is 65.6 Å². The van der Waals surface area contributed by atoms with Gasteiger partial charge in [-0.15, -0.1) is 0 Å². The Morgan fingerprint density at radius 2 is 1.72 bits per heavy atom. The summed E-state index contributed by atoms with van der Waals surface area (Å²) in [6.45, 7) is 10.0. The first kappa shape index (κ1) is 21.4. The predicted octanol–water partition coefficient (Wildman–Crippen LogP) is 4.76. The van der Waals surface area contributed by atoms with Gasteiger partial charge in [-0.1, -0.05) is 49.7 Å². The predicted molar refractivity (Wildman–Crippen MR) is 118 cm³/mol. The van der Waals surface area contributed by atoms with Gasteiger partial charge in [0.05, 0.1) is 0 Å². The van der Waals surface area contributed by atoms with Gasteiger partial charge in [0.2, 0.25) is 0 Å². The minimum atomic E-state index is -0.478. The summed E-state index contributed by atoms with van der Waals surface area (Å²) in [6, 6.07) is 14.5. The molecule has 0 spiro atoms. The smallest absolute Gasteiger partial charge is 0.261 e. The van der Waals surface area contributed by atoms with E-state index in [1.165, 1.54) is 43.5 Å². The summed E-state index contributed by atoms with van der Waals surface area (Å²) in [5.41, 5.74) is 4.71. The Kier molecular flexibility index (Phi) is 7.70. The van der Waals surface area contributed by atoms with Crippen molar-refractivity contribution in [2.75, 3.05) is 13.1 Å². The number of nitrogens with zero attached hydrogens (tertiary/aromatic N) is 1. The first-order valence-electron chi connectivity index (χ1n) is 10.9. The van der Waals surface area contributed by atoms with Gasteiger partial charge in [0.1, 0.15) is 5.75 Å². The van der Waals surface area contributed by atoms with Gasteiger partial charge in [0, 0.05) is 13.1 Å². The van der Waals surface area contributed by atoms with Crippen LogP contribution in [0.5, 0.6) is 5.75 Å². The molecule has 1 saturated heterocycles. The van der Waals surface area contributed by atoms with Gasteiger partial charge >= 0.3 is 0 Å². The number of rotatable bonds is 8. The van der Waals surface area contributed by atoms with Crippen molar-refractivity contribution in [1.82, 2.24) is 10.2 Å². The fourth-order valence-electron chi connectivity index (χ4n) is 3.77. The fourth-order valence-corrected chi connectivity index (χ4v) is 3.77. The largest absolute Gasteiger partial charge is 0.480 e. The van der Waals surface area contributed by atoms with Crippen molar-refractivity contribution >= 4 is 5.91 Å². The average Bonchev–Trinajstić information content (AvgIpc) is 2.75. The number of benzene rings is 2. The van der Waals surface area contributed by atoms with Crippen molar-refractivity contribution in [1.29, 1.82) is 0 Å². The minimum absolute atomic E-state index is 0.0641. The summed E-state index contributed by atoms with van der Waals surface area (Å²) >= 11 is 0. The molecule has 1 amide bonds. The number of amides is 1. The molecule has 1 fully saturated rings. The topological polar surface area (TPSA) is 41.6 Å². The lowest BCUT2D eigenvalue weighted by atomic mass is 10.1. The van der Waals surface area contributed by atoms with Gasteiger partial charge < -0.3 is 10.1 Å². The Morgan fingerprint density at radius 1 is 1.03 bits per heavy atom. The Balaban J connectivity index is 1.51. The summed E-state index contributed by atoms with van der Waals surface area (Å²) in [7, 11) is 0. The molecule has 0 bridgehead atoms. The van der Waals surface area contributed by atoms with E-state index in [1.54, 1.807) is 0 Å². The molecule has 0 radical (unpaired) electrons. The molecular weight excluding hydrogens is 360 g/mol. The summed E-state index contributed by atoms with van der Waals surface area (Å²) in [5.74, 6) is 0.722. The zero-order chi connectivity index (χ0) is 20.6. The lowest BCUT2D eigenvalue weighted by Gasteiger charge is -2.26. The summed E-state index contributed by atoms with van der Waals surface area (Å²) in [5, 5.41) is 3.03. The zero-order valence-corrected chi connectivity index (χ0v) is 18.0. The first-order chi connectivity index (χ1) is 14.1. The maximum absolute atomic E-state index is 12.6. The maximum atomic E-state index is 12.6. The number of carbonyl (C=O) groups is 1. The highest BCUT2D eigenvalue weighted by atomic mass is 16.5. The molecule has 29 heavy (non-hydrogen) atoms. The number of piperidine rings is 1. The van der Waals surface area contributed by atoms with Crippen LogP contribution in [0.15, 0.2) is 42.5 Å². The van der Waals surface area contributed by atoms with E-state index < -0.39 is 6.10 Å². The summed E-state index contributed by atoms with van der Waals surface area (Å²) in [4.78, 5) is 15.2. The second kappa shape index (κ2) is 10.4. The van der Waals surface area contributed by atoms with E-state index in [0.717, 1.165) is 23.4 Å². The minimum Gasteiger partial charge on any atom is -0.480 e. The van der Waals surface area contributed by atoms with Crippen LogP contribution >= 0.6 is 0 Å². The number of hydrogen-bond acceptors (Lipinski definition) is 3. The SMILES string of the molecule is CC[C@H](Oc1cccc(C)c1C)C(=O)NCc1ccc(CN2CCCCC2)cc1. The zero-order valence-electron chi connectivity index (χ0n) is 18.0. The van der Waals surface area contributed by atoms with E-state index in [0.29, 0.717) is 13.0 Å². The molecule has 3 rings (SSSR count). The molecule has 0 aliphatic carbocycles. The normalized spacial score (nSPS) is 15.7. The molecule has 0 saturated carbocycles. The van der Waals surface area contributed by atoms with Crippen LogP contribution in [-0.4, -0.2) is 30.0 Å². The van der Waals surface area contributed by atoms with Crippen molar-refractivity contribution < 1.29 is 9.53 Å². The van der Waals surface area contributed by atoms with Crippen molar-refractivity contribution in [3.8, 4) is 5.75 Å². The molecule has 1 aliphatic rings. The van der Waals surface area contributed by atoms with E-state index in [-0.39, 0.29) is 5.91 Å². The Morgan fingerprint density at radius 3 is 2.41 bits per heavy atom. The molecule has 2 aromatic carbocycles. The van der Waals surface area contributed by atoms with E-state index in [9.17, 15) is 4.79 Å². The third kappa shape index (κ3) is 6.07. The maximum Gasteiger partial charge on any atom is 0.261 e. The molecule has 1 aliphatic heterocycles. The van der Waals surface area contributed by atoms with E-state index in [4.69, 9.17) is 4.74 Å². The van der Waals surface area contributed by atoms with E-state index in [1.807, 2.05) is 26.0 Å². The fraction of sp³-hybridized carbons (Fsp3) is 0.480. The van der Waals surface area contributed by atoms with Crippen LogP contribution in [0, 0.1) is 13.8 Å². The first-order valence-corrected chi connectivity index (χ1v) is 10.9. The Bertz CT molecular complexity index is 795. The number of hydrogen-bond donors (Lipinski definition) is 1. The number of likely N-dealkylation sites (tertiary alicyclic amines) is 1. The van der Waals surface area contributed by atoms with Crippen molar-refractivity contribution in [3.63, 3.8) is 0 Å². The molecular formula is C25H34N2O2. The van der Waals surface area contributed by atoms with Gasteiger partial charge in [-0.05, 0) is 74.5 Å². The standard InChI is InChI=1S/C25H34N2O2/c1-4-23(29-24-10-8-9-19(2)20(24)3)25(28)26-17-21-11-13-22(14-12-21)18-27-15-6-5-7-16-27/h8-14,23H,4-7,15-18H2,1-3H3,(H,26,28)/t23-/m0/s1. The van der Waals surface area contributed by atoms with Gasteiger partial charge in [0.15, 0.2) is 6.10 Å². The molecule has 156 valence electrons. The molecule has 4 heteroatoms. The van der Waals surface area contributed by atoms with Crippen LogP contribution in [0.3, 0.4) is 0 Å². The third-order valence-corrected chi connectivity index (χ3v) is 5.83. The number of nitrogens with one attached hydrogen (secondary N) is 1. The van der Waals surface area contributed by atoms with Gasteiger partial charge in [-0.3, -0.25) is 9.69 Å². The monoisotopic (exact) mass is 394 g/mol. The van der Waals surface area contributed by atoms with E-state index in [2.05, 4.69) is 47.5 Å². The van der Waals surface area contributed by atoms with Gasteiger partial charge in [-0.2, -0.15) is 0 Å². The lowest BCUT2D eigenvalue weighted by Crippen LogP contribution is -2.37. The molecule has 2 aromatic rings. The van der Waals surface area contributed by atoms with E-state index >= 15 is 0 Å². The van der Waals surface area contributed by atoms with Gasteiger partial charge in [0.25, 0.3) is 5.91 Å². The van der Waals surface area contributed by atoms with Crippen LogP contribution in [0.4, 0.5) is 0 Å². The Labute approximate surface area is 175 Å². The molecule has 4 nitrogen and oxygen atoms in total. The highest BCUT2D eigenvalue weighted by molar-refractivity contribution is 5.81. The number of carbonyl (C=O) groups excluding carboxylic acids is 1. The summed E-state index contributed by atoms with van der Waals surface area (Å²) < 4.78 is 6.01.